The molecule has 0 spiro atoms. The van der Waals surface area contributed by atoms with Gasteiger partial charge in [-0.2, -0.15) is 0 Å². The van der Waals surface area contributed by atoms with Crippen LogP contribution in [0.3, 0.4) is 0 Å². The van der Waals surface area contributed by atoms with E-state index >= 15 is 0 Å². The van der Waals surface area contributed by atoms with Crippen molar-refractivity contribution in [2.75, 3.05) is 44.3 Å². The van der Waals surface area contributed by atoms with Crippen LogP contribution in [-0.2, 0) is 4.74 Å². The molecule has 4 nitrogen and oxygen atoms in total. The second-order valence-electron chi connectivity index (χ2n) is 6.03. The fraction of sp³-hybridized carbons (Fsp3) is 0.625. The van der Waals surface area contributed by atoms with Crippen molar-refractivity contribution >= 4 is 21.6 Å². The number of hydrogen-bond acceptors (Lipinski definition) is 4. The zero-order chi connectivity index (χ0) is 14.8. The van der Waals surface area contributed by atoms with Gasteiger partial charge in [-0.3, -0.25) is 4.90 Å². The second-order valence-corrected chi connectivity index (χ2v) is 6.94. The van der Waals surface area contributed by atoms with Gasteiger partial charge in [0.05, 0.1) is 13.2 Å². The minimum atomic E-state index is 0.0653. The Kier molecular flexibility index (Phi) is 4.84. The smallest absolute Gasteiger partial charge is 0.0594 e. The van der Waals surface area contributed by atoms with Crippen LogP contribution in [0.2, 0.25) is 0 Å². The van der Waals surface area contributed by atoms with Crippen LogP contribution in [0, 0.1) is 0 Å². The molecule has 0 aliphatic carbocycles. The average molecular weight is 354 g/mol. The lowest BCUT2D eigenvalue weighted by Gasteiger charge is -2.32. The van der Waals surface area contributed by atoms with Crippen molar-refractivity contribution in [2.24, 2.45) is 5.73 Å². The first-order valence-corrected chi connectivity index (χ1v) is 8.56. The first-order valence-electron chi connectivity index (χ1n) is 7.77. The molecule has 0 amide bonds. The van der Waals surface area contributed by atoms with Crippen LogP contribution in [0.5, 0.6) is 0 Å². The first-order chi connectivity index (χ1) is 10.1. The van der Waals surface area contributed by atoms with E-state index in [1.807, 2.05) is 0 Å². The standard InChI is InChI=1S/C16H24BrN3O/c1-12(18)15-3-2-13(17)10-16(15)20-5-4-14(11-20)19-6-8-21-9-7-19/h2-3,10,12,14H,4-9,11,18H2,1H3. The largest absolute Gasteiger partial charge is 0.379 e. The lowest BCUT2D eigenvalue weighted by atomic mass is 10.1. The molecule has 2 unspecified atom stereocenters. The topological polar surface area (TPSA) is 41.7 Å². The summed E-state index contributed by atoms with van der Waals surface area (Å²) in [4.78, 5) is 5.07. The number of hydrogen-bond donors (Lipinski definition) is 1. The van der Waals surface area contributed by atoms with Crippen molar-refractivity contribution in [3.8, 4) is 0 Å². The first kappa shape index (κ1) is 15.3. The summed E-state index contributed by atoms with van der Waals surface area (Å²) >= 11 is 3.59. The molecule has 0 aromatic heterocycles. The van der Waals surface area contributed by atoms with Gasteiger partial charge in [0.2, 0.25) is 0 Å². The lowest BCUT2D eigenvalue weighted by Crippen LogP contribution is -2.44. The Morgan fingerprint density at radius 1 is 1.29 bits per heavy atom. The van der Waals surface area contributed by atoms with Gasteiger partial charge in [0.15, 0.2) is 0 Å². The quantitative estimate of drug-likeness (QED) is 0.905. The third-order valence-corrected chi connectivity index (χ3v) is 5.04. The van der Waals surface area contributed by atoms with Crippen LogP contribution in [0.4, 0.5) is 5.69 Å². The lowest BCUT2D eigenvalue weighted by molar-refractivity contribution is 0.0209. The maximum atomic E-state index is 6.14. The van der Waals surface area contributed by atoms with Gasteiger partial charge in [0.1, 0.15) is 0 Å². The van der Waals surface area contributed by atoms with Crippen molar-refractivity contribution in [2.45, 2.75) is 25.4 Å². The summed E-state index contributed by atoms with van der Waals surface area (Å²) < 4.78 is 6.58. The summed E-state index contributed by atoms with van der Waals surface area (Å²) in [6.45, 7) is 8.14. The predicted molar refractivity (Wildman–Crippen MR) is 89.8 cm³/mol. The SMILES string of the molecule is CC(N)c1ccc(Br)cc1N1CCC(N2CCOCC2)C1. The molecular weight excluding hydrogens is 330 g/mol. The van der Waals surface area contributed by atoms with Crippen molar-refractivity contribution < 1.29 is 4.74 Å². The van der Waals surface area contributed by atoms with Crippen LogP contribution in [-0.4, -0.2) is 50.3 Å². The maximum absolute atomic E-state index is 6.14. The van der Waals surface area contributed by atoms with E-state index in [0.717, 1.165) is 43.9 Å². The van der Waals surface area contributed by atoms with Crippen LogP contribution >= 0.6 is 15.9 Å². The Hall–Kier alpha value is -0.620. The monoisotopic (exact) mass is 353 g/mol. The fourth-order valence-corrected chi connectivity index (χ4v) is 3.73. The van der Waals surface area contributed by atoms with Gasteiger partial charge in [-0.15, -0.1) is 0 Å². The summed E-state index contributed by atoms with van der Waals surface area (Å²) in [7, 11) is 0. The Balaban J connectivity index is 1.75. The molecule has 2 aliphatic rings. The average Bonchev–Trinajstić information content (AvgIpc) is 2.97. The van der Waals surface area contributed by atoms with Crippen LogP contribution < -0.4 is 10.6 Å². The van der Waals surface area contributed by atoms with E-state index in [4.69, 9.17) is 10.5 Å². The highest BCUT2D eigenvalue weighted by Crippen LogP contribution is 2.32. The zero-order valence-corrected chi connectivity index (χ0v) is 14.2. The van der Waals surface area contributed by atoms with E-state index in [2.05, 4.69) is 50.9 Å². The molecule has 1 aromatic rings. The normalized spacial score (nSPS) is 25.3. The minimum absolute atomic E-state index is 0.0653. The summed E-state index contributed by atoms with van der Waals surface area (Å²) in [6, 6.07) is 7.15. The molecule has 0 saturated carbocycles. The number of nitrogens with two attached hydrogens (primary N) is 1. The number of morpholine rings is 1. The van der Waals surface area contributed by atoms with Gasteiger partial charge in [-0.05, 0) is 31.0 Å². The number of benzene rings is 1. The summed E-state index contributed by atoms with van der Waals surface area (Å²) in [5, 5.41) is 0. The molecule has 0 bridgehead atoms. The van der Waals surface area contributed by atoms with E-state index in [-0.39, 0.29) is 6.04 Å². The molecule has 2 atom stereocenters. The molecule has 0 radical (unpaired) electrons. The van der Waals surface area contributed by atoms with E-state index in [1.165, 1.54) is 17.7 Å². The molecule has 5 heteroatoms. The number of anilines is 1. The van der Waals surface area contributed by atoms with Crippen molar-refractivity contribution in [3.05, 3.63) is 28.2 Å². The van der Waals surface area contributed by atoms with Gasteiger partial charge < -0.3 is 15.4 Å². The molecule has 116 valence electrons. The van der Waals surface area contributed by atoms with Crippen molar-refractivity contribution in [3.63, 3.8) is 0 Å². The van der Waals surface area contributed by atoms with Crippen molar-refractivity contribution in [1.82, 2.24) is 4.90 Å². The molecule has 2 saturated heterocycles. The molecule has 2 N–H and O–H groups in total. The van der Waals surface area contributed by atoms with E-state index in [0.29, 0.717) is 6.04 Å². The molecule has 2 fully saturated rings. The Labute approximate surface area is 135 Å². The van der Waals surface area contributed by atoms with E-state index in [1.54, 1.807) is 0 Å². The molecule has 2 aliphatic heterocycles. The molecule has 21 heavy (non-hydrogen) atoms. The summed E-state index contributed by atoms with van der Waals surface area (Å²) in [6.07, 6.45) is 1.23. The highest BCUT2D eigenvalue weighted by atomic mass is 79.9. The molecular formula is C16H24BrN3O. The number of halogens is 1. The Bertz CT molecular complexity index is 488. The van der Waals surface area contributed by atoms with Crippen LogP contribution in [0.1, 0.15) is 24.9 Å². The molecule has 2 heterocycles. The summed E-state index contributed by atoms with van der Waals surface area (Å²) in [5.41, 5.74) is 8.66. The zero-order valence-electron chi connectivity index (χ0n) is 12.6. The second kappa shape index (κ2) is 6.65. The highest BCUT2D eigenvalue weighted by Gasteiger charge is 2.30. The number of ether oxygens (including phenoxy) is 1. The third-order valence-electron chi connectivity index (χ3n) is 4.55. The third kappa shape index (κ3) is 3.42. The van der Waals surface area contributed by atoms with Crippen LogP contribution in [0.25, 0.3) is 0 Å². The molecule has 1 aromatic carbocycles. The van der Waals surface area contributed by atoms with Gasteiger partial charge in [0.25, 0.3) is 0 Å². The van der Waals surface area contributed by atoms with Gasteiger partial charge in [-0.25, -0.2) is 0 Å². The Morgan fingerprint density at radius 3 is 2.76 bits per heavy atom. The van der Waals surface area contributed by atoms with Gasteiger partial charge >= 0.3 is 0 Å². The van der Waals surface area contributed by atoms with Crippen LogP contribution in [0.15, 0.2) is 22.7 Å². The maximum Gasteiger partial charge on any atom is 0.0594 e. The number of rotatable bonds is 3. The molecule has 3 rings (SSSR count). The summed E-state index contributed by atoms with van der Waals surface area (Å²) in [5.74, 6) is 0. The Morgan fingerprint density at radius 2 is 2.05 bits per heavy atom. The predicted octanol–water partition coefficient (Wildman–Crippen LogP) is 2.38. The highest BCUT2D eigenvalue weighted by molar-refractivity contribution is 9.10. The van der Waals surface area contributed by atoms with E-state index < -0.39 is 0 Å². The van der Waals surface area contributed by atoms with Gasteiger partial charge in [-0.1, -0.05) is 22.0 Å². The minimum Gasteiger partial charge on any atom is -0.379 e. The van der Waals surface area contributed by atoms with E-state index in [9.17, 15) is 0 Å². The fourth-order valence-electron chi connectivity index (χ4n) is 3.38. The van der Waals surface area contributed by atoms with Crippen molar-refractivity contribution in [1.29, 1.82) is 0 Å². The van der Waals surface area contributed by atoms with Gasteiger partial charge in [0, 0.05) is 48.4 Å². The number of nitrogens with zero attached hydrogens (tertiary/aromatic N) is 2.